The molecule has 2 heteroatoms. The van der Waals surface area contributed by atoms with Gasteiger partial charge in [-0.05, 0) is 50.6 Å². The molecule has 0 heterocycles. The quantitative estimate of drug-likeness (QED) is 0.729. The van der Waals surface area contributed by atoms with E-state index >= 15 is 0 Å². The van der Waals surface area contributed by atoms with Gasteiger partial charge in [-0.1, -0.05) is 20.4 Å². The van der Waals surface area contributed by atoms with E-state index in [4.69, 9.17) is 5.73 Å². The molecule has 0 saturated heterocycles. The zero-order chi connectivity index (χ0) is 11.8. The molecule has 1 aliphatic rings. The number of ketones is 1. The topological polar surface area (TPSA) is 43.1 Å². The summed E-state index contributed by atoms with van der Waals surface area (Å²) in [7, 11) is 0. The van der Waals surface area contributed by atoms with Crippen LogP contribution in [-0.4, -0.2) is 12.3 Å². The molecule has 0 aromatic carbocycles. The maximum atomic E-state index is 11.6. The van der Waals surface area contributed by atoms with Crippen LogP contribution in [0, 0.1) is 11.8 Å². The molecule has 0 unspecified atom stereocenters. The van der Waals surface area contributed by atoms with Gasteiger partial charge in [-0.3, -0.25) is 4.79 Å². The fraction of sp³-hybridized carbons (Fsp3) is 0.769. The summed E-state index contributed by atoms with van der Waals surface area (Å²) in [4.78, 5) is 11.6. The van der Waals surface area contributed by atoms with Crippen molar-refractivity contribution in [2.45, 2.75) is 46.5 Å². The van der Waals surface area contributed by atoms with E-state index in [-0.39, 0.29) is 11.7 Å². The first kappa shape index (κ1) is 14.4. The van der Waals surface area contributed by atoms with E-state index in [1.54, 1.807) is 6.92 Å². The summed E-state index contributed by atoms with van der Waals surface area (Å²) >= 11 is 0. The molecular formula is C13H25NO. The van der Waals surface area contributed by atoms with Gasteiger partial charge < -0.3 is 5.73 Å². The van der Waals surface area contributed by atoms with Crippen LogP contribution in [0.2, 0.25) is 0 Å². The normalized spacial score (nSPS) is 25.1. The smallest absolute Gasteiger partial charge is 0.161 e. The fourth-order valence-corrected chi connectivity index (χ4v) is 2.01. The first-order valence-electron chi connectivity index (χ1n) is 6.05. The number of rotatable bonds is 3. The largest absolute Gasteiger partial charge is 0.330 e. The van der Waals surface area contributed by atoms with Crippen LogP contribution in [0.25, 0.3) is 0 Å². The summed E-state index contributed by atoms with van der Waals surface area (Å²) in [6, 6.07) is 0. The fourth-order valence-electron chi connectivity index (χ4n) is 2.01. The zero-order valence-corrected chi connectivity index (χ0v) is 10.4. The van der Waals surface area contributed by atoms with Gasteiger partial charge >= 0.3 is 0 Å². The van der Waals surface area contributed by atoms with Crippen LogP contribution in [0.1, 0.15) is 46.5 Å². The van der Waals surface area contributed by atoms with Crippen molar-refractivity contribution in [3.8, 4) is 0 Å². The molecule has 0 radical (unpaired) electrons. The van der Waals surface area contributed by atoms with Gasteiger partial charge in [0.1, 0.15) is 0 Å². The molecule has 0 spiro atoms. The van der Waals surface area contributed by atoms with E-state index in [2.05, 4.69) is 6.58 Å². The maximum absolute atomic E-state index is 11.6. The SMILES string of the molecule is C=C(C)C(=O)C1CCC(CN)CC1.CC. The summed E-state index contributed by atoms with van der Waals surface area (Å²) < 4.78 is 0. The number of Topliss-reactive ketones (excluding diaryl/α,β-unsaturated/α-hetero) is 1. The Morgan fingerprint density at radius 2 is 1.73 bits per heavy atom. The van der Waals surface area contributed by atoms with Crippen molar-refractivity contribution in [1.29, 1.82) is 0 Å². The van der Waals surface area contributed by atoms with Crippen molar-refractivity contribution < 1.29 is 4.79 Å². The minimum Gasteiger partial charge on any atom is -0.330 e. The minimum absolute atomic E-state index is 0.236. The lowest BCUT2D eigenvalue weighted by atomic mass is 9.79. The van der Waals surface area contributed by atoms with Gasteiger partial charge in [0.2, 0.25) is 0 Å². The van der Waals surface area contributed by atoms with Crippen LogP contribution in [0.5, 0.6) is 0 Å². The van der Waals surface area contributed by atoms with Crippen LogP contribution in [0.15, 0.2) is 12.2 Å². The Morgan fingerprint density at radius 3 is 2.07 bits per heavy atom. The van der Waals surface area contributed by atoms with Crippen LogP contribution in [-0.2, 0) is 4.79 Å². The highest BCUT2D eigenvalue weighted by Crippen LogP contribution is 2.29. The predicted octanol–water partition coefficient (Wildman–Crippen LogP) is 2.92. The van der Waals surface area contributed by atoms with Crippen LogP contribution >= 0.6 is 0 Å². The highest BCUT2D eigenvalue weighted by molar-refractivity contribution is 5.96. The van der Waals surface area contributed by atoms with E-state index in [0.717, 1.165) is 32.2 Å². The first-order chi connectivity index (χ1) is 7.15. The summed E-state index contributed by atoms with van der Waals surface area (Å²) in [5.41, 5.74) is 6.29. The standard InChI is InChI=1S/C11H19NO.C2H6/c1-8(2)11(13)10-5-3-9(7-12)4-6-10;1-2/h9-10H,1,3-7,12H2,2H3;1-2H3. The Kier molecular flexibility index (Phi) is 7.31. The molecule has 1 aliphatic carbocycles. The summed E-state index contributed by atoms with van der Waals surface area (Å²) in [5.74, 6) is 1.14. The van der Waals surface area contributed by atoms with Crippen LogP contribution < -0.4 is 5.73 Å². The lowest BCUT2D eigenvalue weighted by Gasteiger charge is -2.26. The van der Waals surface area contributed by atoms with Crippen molar-refractivity contribution in [3.63, 3.8) is 0 Å². The second-order valence-electron chi connectivity index (χ2n) is 4.10. The highest BCUT2D eigenvalue weighted by Gasteiger charge is 2.25. The van der Waals surface area contributed by atoms with Crippen molar-refractivity contribution in [2.24, 2.45) is 17.6 Å². The molecule has 2 N–H and O–H groups in total. The monoisotopic (exact) mass is 211 g/mol. The number of allylic oxidation sites excluding steroid dienone is 1. The average Bonchev–Trinajstić information content (AvgIpc) is 2.31. The molecular weight excluding hydrogens is 186 g/mol. The second kappa shape index (κ2) is 7.63. The van der Waals surface area contributed by atoms with Gasteiger partial charge in [0.25, 0.3) is 0 Å². The average molecular weight is 211 g/mol. The molecule has 0 aromatic heterocycles. The van der Waals surface area contributed by atoms with Gasteiger partial charge in [-0.15, -0.1) is 0 Å². The van der Waals surface area contributed by atoms with E-state index in [1.165, 1.54) is 0 Å². The summed E-state index contributed by atoms with van der Waals surface area (Å²) in [6.45, 7) is 10.3. The first-order valence-corrected chi connectivity index (χ1v) is 6.05. The second-order valence-corrected chi connectivity index (χ2v) is 4.10. The molecule has 0 bridgehead atoms. The van der Waals surface area contributed by atoms with Gasteiger partial charge in [-0.25, -0.2) is 0 Å². The van der Waals surface area contributed by atoms with Crippen LogP contribution in [0.4, 0.5) is 0 Å². The third-order valence-corrected chi connectivity index (χ3v) is 2.97. The summed E-state index contributed by atoms with van der Waals surface area (Å²) in [6.07, 6.45) is 4.24. The Balaban J connectivity index is 0.000000921. The Morgan fingerprint density at radius 1 is 1.27 bits per heavy atom. The number of carbonyl (C=O) groups is 1. The van der Waals surface area contributed by atoms with Crippen molar-refractivity contribution in [3.05, 3.63) is 12.2 Å². The van der Waals surface area contributed by atoms with Crippen molar-refractivity contribution in [1.82, 2.24) is 0 Å². The Hall–Kier alpha value is -0.630. The summed E-state index contributed by atoms with van der Waals surface area (Å²) in [5, 5.41) is 0. The van der Waals surface area contributed by atoms with Gasteiger partial charge in [0.15, 0.2) is 5.78 Å². The predicted molar refractivity (Wildman–Crippen MR) is 65.7 cm³/mol. The number of nitrogens with two attached hydrogens (primary N) is 1. The third-order valence-electron chi connectivity index (χ3n) is 2.97. The van der Waals surface area contributed by atoms with E-state index in [9.17, 15) is 4.79 Å². The molecule has 2 nitrogen and oxygen atoms in total. The maximum Gasteiger partial charge on any atom is 0.161 e. The molecule has 15 heavy (non-hydrogen) atoms. The van der Waals surface area contributed by atoms with Gasteiger partial charge in [-0.2, -0.15) is 0 Å². The lowest BCUT2D eigenvalue weighted by molar-refractivity contribution is -0.120. The Bertz CT molecular complexity index is 203. The lowest BCUT2D eigenvalue weighted by Crippen LogP contribution is -2.25. The number of carbonyl (C=O) groups excluding carboxylic acids is 1. The number of hydrogen-bond donors (Lipinski definition) is 1. The highest BCUT2D eigenvalue weighted by atomic mass is 16.1. The van der Waals surface area contributed by atoms with E-state index in [1.807, 2.05) is 13.8 Å². The molecule has 0 aromatic rings. The van der Waals surface area contributed by atoms with Gasteiger partial charge in [0, 0.05) is 5.92 Å². The molecule has 88 valence electrons. The van der Waals surface area contributed by atoms with E-state index in [0.29, 0.717) is 11.5 Å². The molecule has 0 aliphatic heterocycles. The molecule has 0 atom stereocenters. The Labute approximate surface area is 93.9 Å². The molecule has 1 saturated carbocycles. The molecule has 0 amide bonds. The van der Waals surface area contributed by atoms with Crippen molar-refractivity contribution >= 4 is 5.78 Å². The molecule has 1 fully saturated rings. The van der Waals surface area contributed by atoms with Crippen molar-refractivity contribution in [2.75, 3.05) is 6.54 Å². The zero-order valence-electron chi connectivity index (χ0n) is 10.4. The number of hydrogen-bond acceptors (Lipinski definition) is 2. The third kappa shape index (κ3) is 4.61. The van der Waals surface area contributed by atoms with Gasteiger partial charge in [0.05, 0.1) is 0 Å². The minimum atomic E-state index is 0.236. The van der Waals surface area contributed by atoms with Crippen LogP contribution in [0.3, 0.4) is 0 Å². The molecule has 1 rings (SSSR count). The van der Waals surface area contributed by atoms with E-state index < -0.39 is 0 Å².